The van der Waals surface area contributed by atoms with E-state index in [0.29, 0.717) is 68.1 Å². The van der Waals surface area contributed by atoms with Crippen LogP contribution in [0.4, 0.5) is 4.39 Å². The molecule has 1 aliphatic heterocycles. The Morgan fingerprint density at radius 1 is 1.11 bits per heavy atom. The lowest BCUT2D eigenvalue weighted by atomic mass is 9.97. The fraction of sp³-hybridized carbons (Fsp3) is 0.370. The lowest BCUT2D eigenvalue weighted by Crippen LogP contribution is -2.40. The van der Waals surface area contributed by atoms with Gasteiger partial charge in [0.2, 0.25) is 5.89 Å². The van der Waals surface area contributed by atoms with Gasteiger partial charge in [0.25, 0.3) is 5.91 Å². The topological polar surface area (TPSA) is 75.9 Å². The summed E-state index contributed by atoms with van der Waals surface area (Å²) in [5.74, 6) is -0.574. The van der Waals surface area contributed by atoms with Crippen LogP contribution in [0, 0.1) is 11.7 Å². The predicted octanol–water partition coefficient (Wildman–Crippen LogP) is 5.74. The lowest BCUT2D eigenvalue weighted by Gasteiger charge is -2.30. The van der Waals surface area contributed by atoms with Crippen LogP contribution in [0.3, 0.4) is 0 Å². The smallest absolute Gasteiger partial charge is 0.309 e. The SMILES string of the molecule is CCOC(=O)C1CCN(C(=O)c2coc(CN(Cc3ccc(F)cc3)Cc3cccc(Cl)c3Cl)n2)CC1. The maximum Gasteiger partial charge on any atom is 0.309 e. The minimum atomic E-state index is -0.310. The maximum absolute atomic E-state index is 13.4. The molecule has 37 heavy (non-hydrogen) atoms. The van der Waals surface area contributed by atoms with Crippen molar-refractivity contribution in [3.05, 3.63) is 87.3 Å². The van der Waals surface area contributed by atoms with E-state index >= 15 is 0 Å². The number of nitrogens with zero attached hydrogens (tertiary/aromatic N) is 3. The van der Waals surface area contributed by atoms with Crippen LogP contribution >= 0.6 is 23.2 Å². The Bertz CT molecular complexity index is 1230. The number of carbonyl (C=O) groups is 2. The molecule has 1 aliphatic rings. The first-order chi connectivity index (χ1) is 17.8. The number of rotatable bonds is 9. The Kier molecular flexibility index (Phi) is 9.18. The molecule has 3 aromatic rings. The molecular weight excluding hydrogens is 520 g/mol. The Morgan fingerprint density at radius 2 is 1.84 bits per heavy atom. The quantitative estimate of drug-likeness (QED) is 0.318. The highest BCUT2D eigenvalue weighted by molar-refractivity contribution is 6.42. The van der Waals surface area contributed by atoms with Crippen LogP contribution in [0.25, 0.3) is 0 Å². The molecule has 1 amide bonds. The minimum Gasteiger partial charge on any atom is -0.466 e. The normalized spacial score (nSPS) is 14.2. The number of esters is 1. The average molecular weight is 548 g/mol. The summed E-state index contributed by atoms with van der Waals surface area (Å²) in [7, 11) is 0. The van der Waals surface area contributed by atoms with E-state index in [-0.39, 0.29) is 29.3 Å². The third-order valence-electron chi connectivity index (χ3n) is 6.28. The van der Waals surface area contributed by atoms with Gasteiger partial charge in [0.1, 0.15) is 12.1 Å². The minimum absolute atomic E-state index is 0.185. The fourth-order valence-electron chi connectivity index (χ4n) is 4.34. The van der Waals surface area contributed by atoms with E-state index in [1.165, 1.54) is 18.4 Å². The van der Waals surface area contributed by atoms with Gasteiger partial charge >= 0.3 is 5.97 Å². The van der Waals surface area contributed by atoms with Crippen molar-refractivity contribution in [3.63, 3.8) is 0 Å². The van der Waals surface area contributed by atoms with Crippen LogP contribution < -0.4 is 0 Å². The number of hydrogen-bond donors (Lipinski definition) is 0. The summed E-state index contributed by atoms with van der Waals surface area (Å²) in [6, 6.07) is 11.7. The van der Waals surface area contributed by atoms with E-state index in [2.05, 4.69) is 4.98 Å². The van der Waals surface area contributed by atoms with Crippen molar-refractivity contribution >= 4 is 35.1 Å². The molecule has 1 fully saturated rings. The molecule has 0 saturated carbocycles. The van der Waals surface area contributed by atoms with Crippen molar-refractivity contribution in [2.24, 2.45) is 5.92 Å². The highest BCUT2D eigenvalue weighted by Crippen LogP contribution is 2.28. The Balaban J connectivity index is 1.44. The molecule has 196 valence electrons. The second-order valence-electron chi connectivity index (χ2n) is 8.93. The van der Waals surface area contributed by atoms with Gasteiger partial charge in [-0.1, -0.05) is 47.5 Å². The zero-order valence-electron chi connectivity index (χ0n) is 20.5. The number of benzene rings is 2. The molecule has 1 saturated heterocycles. The first-order valence-electron chi connectivity index (χ1n) is 12.1. The summed E-state index contributed by atoms with van der Waals surface area (Å²) in [5.41, 5.74) is 1.93. The van der Waals surface area contributed by atoms with Gasteiger partial charge in [-0.15, -0.1) is 0 Å². The zero-order valence-corrected chi connectivity index (χ0v) is 22.0. The summed E-state index contributed by atoms with van der Waals surface area (Å²) in [5, 5.41) is 0.916. The van der Waals surface area contributed by atoms with Gasteiger partial charge in [-0.2, -0.15) is 0 Å². The van der Waals surface area contributed by atoms with Crippen molar-refractivity contribution in [2.75, 3.05) is 19.7 Å². The standard InChI is InChI=1S/C27H28Cl2FN3O4/c1-2-36-27(35)19-10-12-33(13-11-19)26(34)23-17-37-24(31-23)16-32(14-18-6-8-21(30)9-7-18)15-20-4-3-5-22(28)25(20)29/h3-9,17,19H,2,10-16H2,1H3. The monoisotopic (exact) mass is 547 g/mol. The summed E-state index contributed by atoms with van der Waals surface area (Å²) in [6.07, 6.45) is 2.47. The molecule has 4 rings (SSSR count). The summed E-state index contributed by atoms with van der Waals surface area (Å²) in [4.78, 5) is 33.1. The molecule has 1 aromatic heterocycles. The van der Waals surface area contributed by atoms with Gasteiger partial charge in [-0.3, -0.25) is 14.5 Å². The number of halogens is 3. The van der Waals surface area contributed by atoms with Crippen molar-refractivity contribution in [1.82, 2.24) is 14.8 Å². The van der Waals surface area contributed by atoms with Gasteiger partial charge in [0.15, 0.2) is 5.69 Å². The van der Waals surface area contributed by atoms with Crippen LogP contribution in [0.5, 0.6) is 0 Å². The van der Waals surface area contributed by atoms with Crippen LogP contribution in [0.15, 0.2) is 53.1 Å². The number of ether oxygens (including phenoxy) is 1. The van der Waals surface area contributed by atoms with Gasteiger partial charge in [0.05, 0.1) is 29.1 Å². The van der Waals surface area contributed by atoms with E-state index in [4.69, 9.17) is 32.4 Å². The fourth-order valence-corrected chi connectivity index (χ4v) is 4.72. The molecule has 2 aromatic carbocycles. The molecule has 0 spiro atoms. The highest BCUT2D eigenvalue weighted by atomic mass is 35.5. The molecule has 0 N–H and O–H groups in total. The largest absolute Gasteiger partial charge is 0.466 e. The summed E-state index contributed by atoms with van der Waals surface area (Å²) in [6.45, 7) is 4.23. The molecule has 10 heteroatoms. The number of hydrogen-bond acceptors (Lipinski definition) is 6. The third-order valence-corrected chi connectivity index (χ3v) is 7.13. The van der Waals surface area contributed by atoms with E-state index < -0.39 is 0 Å². The molecule has 0 bridgehead atoms. The lowest BCUT2D eigenvalue weighted by molar-refractivity contribution is -0.149. The van der Waals surface area contributed by atoms with Crippen LogP contribution in [-0.4, -0.2) is 46.4 Å². The second kappa shape index (κ2) is 12.5. The zero-order chi connectivity index (χ0) is 26.4. The first kappa shape index (κ1) is 27.1. The van der Waals surface area contributed by atoms with Crippen molar-refractivity contribution in [1.29, 1.82) is 0 Å². The van der Waals surface area contributed by atoms with E-state index in [0.717, 1.165) is 11.1 Å². The van der Waals surface area contributed by atoms with Gasteiger partial charge in [0, 0.05) is 26.2 Å². The second-order valence-corrected chi connectivity index (χ2v) is 9.71. The average Bonchev–Trinajstić information content (AvgIpc) is 3.36. The number of carbonyl (C=O) groups excluding carboxylic acids is 2. The maximum atomic E-state index is 13.4. The molecular formula is C27H28Cl2FN3O4. The molecule has 0 atom stereocenters. The molecule has 2 heterocycles. The summed E-state index contributed by atoms with van der Waals surface area (Å²) >= 11 is 12.6. The molecule has 0 radical (unpaired) electrons. The van der Waals surface area contributed by atoms with Gasteiger partial charge < -0.3 is 14.1 Å². The first-order valence-corrected chi connectivity index (χ1v) is 12.9. The Hall–Kier alpha value is -2.94. The molecule has 0 unspecified atom stereocenters. The predicted molar refractivity (Wildman–Crippen MR) is 138 cm³/mol. The molecule has 7 nitrogen and oxygen atoms in total. The van der Waals surface area contributed by atoms with Gasteiger partial charge in [-0.25, -0.2) is 9.37 Å². The van der Waals surface area contributed by atoms with Crippen LogP contribution in [0.2, 0.25) is 10.0 Å². The van der Waals surface area contributed by atoms with Gasteiger partial charge in [-0.05, 0) is 49.1 Å². The third kappa shape index (κ3) is 7.09. The molecule has 0 aliphatic carbocycles. The van der Waals surface area contributed by atoms with E-state index in [1.54, 1.807) is 30.0 Å². The van der Waals surface area contributed by atoms with Crippen molar-refractivity contribution in [2.45, 2.75) is 39.4 Å². The number of piperidine rings is 1. The number of aromatic nitrogens is 1. The highest BCUT2D eigenvalue weighted by Gasteiger charge is 2.30. The van der Waals surface area contributed by atoms with Crippen LogP contribution in [0.1, 0.15) is 47.3 Å². The van der Waals surface area contributed by atoms with Crippen molar-refractivity contribution in [3.8, 4) is 0 Å². The number of amides is 1. The number of likely N-dealkylation sites (tertiary alicyclic amines) is 1. The van der Waals surface area contributed by atoms with E-state index in [1.807, 2.05) is 17.0 Å². The van der Waals surface area contributed by atoms with Crippen LogP contribution in [-0.2, 0) is 29.2 Å². The Morgan fingerprint density at radius 3 is 2.54 bits per heavy atom. The number of oxazole rings is 1. The van der Waals surface area contributed by atoms with Crippen molar-refractivity contribution < 1.29 is 23.1 Å². The summed E-state index contributed by atoms with van der Waals surface area (Å²) < 4.78 is 24.2. The van der Waals surface area contributed by atoms with E-state index in [9.17, 15) is 14.0 Å². The Labute approximate surface area is 225 Å².